The molecule has 4 aromatic rings. The molecule has 2 saturated heterocycles. The van der Waals surface area contributed by atoms with Crippen LogP contribution in [0, 0.1) is 5.41 Å². The van der Waals surface area contributed by atoms with Crippen LogP contribution in [0.4, 0.5) is 5.69 Å². The molecule has 0 radical (unpaired) electrons. The number of nitrogens with zero attached hydrogens (tertiary/aromatic N) is 3. The van der Waals surface area contributed by atoms with Crippen LogP contribution >= 0.6 is 0 Å². The zero-order chi connectivity index (χ0) is 28.0. The van der Waals surface area contributed by atoms with E-state index in [0.29, 0.717) is 40.5 Å². The number of carbonyl (C=O) groups is 1. The van der Waals surface area contributed by atoms with Gasteiger partial charge in [-0.15, -0.1) is 0 Å². The number of aromatic nitrogens is 2. The van der Waals surface area contributed by atoms with Gasteiger partial charge in [0.2, 0.25) is 0 Å². The first-order chi connectivity index (χ1) is 20.0. The zero-order valence-corrected chi connectivity index (χ0v) is 24.2. The number of H-pyrrole nitrogens is 1. The van der Waals surface area contributed by atoms with E-state index in [1.165, 1.54) is 50.6 Å². The number of benzene rings is 2. The molecule has 2 aromatic carbocycles. The number of likely N-dealkylation sites (tertiary alicyclic amines) is 1. The van der Waals surface area contributed by atoms with E-state index in [4.69, 9.17) is 4.74 Å². The monoisotopic (exact) mass is 548 g/mol. The van der Waals surface area contributed by atoms with Crippen molar-refractivity contribution in [1.82, 2.24) is 14.9 Å². The van der Waals surface area contributed by atoms with Crippen LogP contribution in [-0.4, -0.2) is 46.8 Å². The Morgan fingerprint density at radius 2 is 1.88 bits per heavy atom. The van der Waals surface area contributed by atoms with Gasteiger partial charge in [-0.1, -0.05) is 38.1 Å². The maximum atomic E-state index is 11.8. The van der Waals surface area contributed by atoms with Crippen molar-refractivity contribution >= 4 is 23.0 Å². The second-order valence-electron chi connectivity index (χ2n) is 12.8. The third-order valence-electron chi connectivity index (χ3n) is 9.99. The van der Waals surface area contributed by atoms with Gasteiger partial charge in [0.25, 0.3) is 0 Å². The number of carbonyl (C=O) groups excluding carboxylic acids is 1. The van der Waals surface area contributed by atoms with E-state index in [1.807, 2.05) is 30.5 Å². The van der Waals surface area contributed by atoms with Crippen molar-refractivity contribution in [1.29, 1.82) is 0 Å². The molecular weight excluding hydrogens is 508 g/mol. The van der Waals surface area contributed by atoms with Crippen molar-refractivity contribution in [3.05, 3.63) is 83.7 Å². The van der Waals surface area contributed by atoms with Crippen LogP contribution < -0.4 is 9.64 Å². The molecule has 1 unspecified atom stereocenters. The first-order valence-corrected chi connectivity index (χ1v) is 15.3. The van der Waals surface area contributed by atoms with Crippen LogP contribution in [0.3, 0.4) is 0 Å². The number of pyridine rings is 1. The summed E-state index contributed by atoms with van der Waals surface area (Å²) in [4.78, 5) is 24.6. The number of ether oxygens (including phenoxy) is 1. The minimum atomic E-state index is 0.478. The molecule has 212 valence electrons. The number of anilines is 1. The molecule has 2 aromatic heterocycles. The average molecular weight is 549 g/mol. The molecule has 3 aliphatic rings. The van der Waals surface area contributed by atoms with Gasteiger partial charge in [0.15, 0.2) is 6.29 Å². The number of rotatable bonds is 7. The smallest absolute Gasteiger partial charge is 0.153 e. The highest BCUT2D eigenvalue weighted by atomic mass is 16.5. The number of hydrogen-bond acceptors (Lipinski definition) is 5. The van der Waals surface area contributed by atoms with Crippen LogP contribution in [0.2, 0.25) is 0 Å². The number of hydrogen-bond donors (Lipinski definition) is 1. The van der Waals surface area contributed by atoms with Gasteiger partial charge in [-0.25, -0.2) is 4.98 Å². The lowest BCUT2D eigenvalue weighted by molar-refractivity contribution is -0.0227. The second-order valence-corrected chi connectivity index (χ2v) is 12.8. The van der Waals surface area contributed by atoms with Crippen molar-refractivity contribution in [2.24, 2.45) is 5.41 Å². The molecule has 7 rings (SSSR count). The highest BCUT2D eigenvalue weighted by Crippen LogP contribution is 2.54. The summed E-state index contributed by atoms with van der Waals surface area (Å²) in [7, 11) is 0. The predicted molar refractivity (Wildman–Crippen MR) is 164 cm³/mol. The number of aldehydes is 1. The zero-order valence-electron chi connectivity index (χ0n) is 24.2. The Labute approximate surface area is 242 Å². The van der Waals surface area contributed by atoms with Gasteiger partial charge in [-0.3, -0.25) is 9.69 Å². The van der Waals surface area contributed by atoms with Crippen molar-refractivity contribution < 1.29 is 9.53 Å². The Morgan fingerprint density at radius 1 is 1.05 bits per heavy atom. The molecule has 1 saturated carbocycles. The predicted octanol–water partition coefficient (Wildman–Crippen LogP) is 7.88. The van der Waals surface area contributed by atoms with Crippen LogP contribution in [0.1, 0.15) is 85.8 Å². The van der Waals surface area contributed by atoms with Crippen LogP contribution in [-0.2, 0) is 0 Å². The maximum Gasteiger partial charge on any atom is 0.153 e. The normalized spacial score (nSPS) is 21.0. The summed E-state index contributed by atoms with van der Waals surface area (Å²) < 4.78 is 6.18. The van der Waals surface area contributed by atoms with Gasteiger partial charge in [0.1, 0.15) is 17.1 Å². The molecule has 3 fully saturated rings. The summed E-state index contributed by atoms with van der Waals surface area (Å²) in [6.07, 6.45) is 12.1. The molecule has 4 heterocycles. The molecule has 1 spiro atoms. The van der Waals surface area contributed by atoms with E-state index >= 15 is 0 Å². The number of fused-ring (bicyclic) bond motifs is 1. The van der Waals surface area contributed by atoms with Crippen LogP contribution in [0.25, 0.3) is 11.0 Å². The van der Waals surface area contributed by atoms with Gasteiger partial charge in [-0.05, 0) is 91.8 Å². The maximum absolute atomic E-state index is 11.8. The fraction of sp³-hybridized carbons (Fsp3) is 0.429. The standard InChI is InChI=1S/C35H40N4O2/c1-24(2)30-6-3-4-7-31(30)32-8-5-15-39(32)28-20-35(21-28)12-16-38(17-13-35)27-10-9-26(23-40)33(19-27)41-29-18-25-11-14-36-34(25)37-22-29/h3-4,6-7,9-11,14,18-19,22-24,28,32H,5,8,12-13,15-17,20-21H2,1-2H3,(H,36,37). The summed E-state index contributed by atoms with van der Waals surface area (Å²) in [6, 6.07) is 20.3. The highest BCUT2D eigenvalue weighted by Gasteiger charge is 2.50. The third-order valence-corrected chi connectivity index (χ3v) is 9.99. The quantitative estimate of drug-likeness (QED) is 0.238. The molecule has 2 aliphatic heterocycles. The minimum Gasteiger partial charge on any atom is -0.455 e. The Bertz CT molecular complexity index is 1540. The number of nitrogens with one attached hydrogen (secondary N) is 1. The lowest BCUT2D eigenvalue weighted by Crippen LogP contribution is -2.54. The van der Waals surface area contributed by atoms with E-state index in [-0.39, 0.29) is 0 Å². The molecule has 0 amide bonds. The SMILES string of the molecule is CC(C)c1ccccc1C1CCCN1C1CC2(CCN(c3ccc(C=O)c(Oc4cnc5[nH]ccc5c4)c3)CC2)C1. The van der Waals surface area contributed by atoms with Crippen molar-refractivity contribution in [3.63, 3.8) is 0 Å². The minimum absolute atomic E-state index is 0.478. The van der Waals surface area contributed by atoms with Crippen molar-refractivity contribution in [2.75, 3.05) is 24.5 Å². The van der Waals surface area contributed by atoms with Crippen LogP contribution in [0.15, 0.2) is 67.0 Å². The largest absolute Gasteiger partial charge is 0.455 e. The molecule has 41 heavy (non-hydrogen) atoms. The third kappa shape index (κ3) is 4.93. The molecule has 1 atom stereocenters. The van der Waals surface area contributed by atoms with Gasteiger partial charge in [0.05, 0.1) is 11.8 Å². The number of piperidine rings is 1. The van der Waals surface area contributed by atoms with E-state index in [0.717, 1.165) is 36.1 Å². The van der Waals surface area contributed by atoms with Crippen molar-refractivity contribution in [2.45, 2.75) is 70.4 Å². The summed E-state index contributed by atoms with van der Waals surface area (Å²) in [5.74, 6) is 1.78. The lowest BCUT2D eigenvalue weighted by atomic mass is 9.59. The first-order valence-electron chi connectivity index (χ1n) is 15.3. The lowest BCUT2D eigenvalue weighted by Gasteiger charge is -2.56. The number of aromatic amines is 1. The van der Waals surface area contributed by atoms with Crippen molar-refractivity contribution in [3.8, 4) is 11.5 Å². The molecular formula is C35H40N4O2. The Hall–Kier alpha value is -3.64. The molecule has 1 N–H and O–H groups in total. The second kappa shape index (κ2) is 10.6. The Balaban J connectivity index is 1.00. The Morgan fingerprint density at radius 3 is 2.68 bits per heavy atom. The van der Waals surface area contributed by atoms with Gasteiger partial charge >= 0.3 is 0 Å². The summed E-state index contributed by atoms with van der Waals surface area (Å²) >= 11 is 0. The fourth-order valence-electron chi connectivity index (χ4n) is 7.73. The topological polar surface area (TPSA) is 61.5 Å². The molecule has 1 aliphatic carbocycles. The average Bonchev–Trinajstić information content (AvgIpc) is 3.65. The first kappa shape index (κ1) is 26.3. The van der Waals surface area contributed by atoms with Gasteiger partial charge in [0, 0.05) is 48.5 Å². The van der Waals surface area contributed by atoms with E-state index in [2.05, 4.69) is 63.9 Å². The fourth-order valence-corrected chi connectivity index (χ4v) is 7.73. The molecule has 6 nitrogen and oxygen atoms in total. The Kier molecular flexibility index (Phi) is 6.82. The van der Waals surface area contributed by atoms with Gasteiger partial charge in [-0.2, -0.15) is 0 Å². The molecule has 0 bridgehead atoms. The van der Waals surface area contributed by atoms with E-state index < -0.39 is 0 Å². The van der Waals surface area contributed by atoms with Gasteiger partial charge < -0.3 is 14.6 Å². The highest BCUT2D eigenvalue weighted by molar-refractivity contribution is 5.81. The summed E-state index contributed by atoms with van der Waals surface area (Å²) in [5.41, 5.74) is 6.07. The van der Waals surface area contributed by atoms with Crippen LogP contribution in [0.5, 0.6) is 11.5 Å². The summed E-state index contributed by atoms with van der Waals surface area (Å²) in [6.45, 7) is 7.98. The van der Waals surface area contributed by atoms with E-state index in [9.17, 15) is 4.79 Å². The molecule has 6 heteroatoms. The summed E-state index contributed by atoms with van der Waals surface area (Å²) in [5, 5.41) is 0.982. The van der Waals surface area contributed by atoms with E-state index in [1.54, 1.807) is 11.8 Å².